The molecule has 0 fully saturated rings. The van der Waals surface area contributed by atoms with E-state index in [2.05, 4.69) is 30.9 Å². The summed E-state index contributed by atoms with van der Waals surface area (Å²) in [5, 5.41) is 19.6. The van der Waals surface area contributed by atoms with Crippen LogP contribution in [-0.4, -0.2) is 32.3 Å². The molecular weight excluding hydrogens is 400 g/mol. The minimum absolute atomic E-state index is 0.0280. The molecule has 0 radical (unpaired) electrons. The molecule has 150 valence electrons. The summed E-state index contributed by atoms with van der Waals surface area (Å²) in [6.45, 7) is 0. The van der Waals surface area contributed by atoms with E-state index in [9.17, 15) is 5.11 Å². The Morgan fingerprint density at radius 1 is 0.933 bits per heavy atom. The number of methoxy groups -OCH3 is 1. The molecule has 0 saturated heterocycles. The van der Waals surface area contributed by atoms with E-state index in [1.54, 1.807) is 30.5 Å². The van der Waals surface area contributed by atoms with Crippen molar-refractivity contribution in [3.63, 3.8) is 0 Å². The zero-order valence-corrected chi connectivity index (χ0v) is 16.8. The van der Waals surface area contributed by atoms with Crippen molar-refractivity contribution < 1.29 is 9.84 Å². The Labute approximate surface area is 178 Å². The number of phenolic OH excluding ortho intramolecular Hbond substituents is 1. The Kier molecular flexibility index (Phi) is 5.53. The lowest BCUT2D eigenvalue weighted by atomic mass is 10.3. The molecule has 0 spiro atoms. The van der Waals surface area contributed by atoms with Crippen molar-refractivity contribution in [1.29, 1.82) is 0 Å². The molecule has 9 heteroatoms. The van der Waals surface area contributed by atoms with Crippen molar-refractivity contribution in [3.8, 4) is 11.5 Å². The Morgan fingerprint density at radius 2 is 1.73 bits per heavy atom. The maximum atomic E-state index is 9.93. The third-order valence-electron chi connectivity index (χ3n) is 4.13. The second-order valence-corrected chi connectivity index (χ2v) is 6.66. The van der Waals surface area contributed by atoms with Gasteiger partial charge < -0.3 is 25.8 Å². The highest BCUT2D eigenvalue weighted by Gasteiger charge is 2.07. The van der Waals surface area contributed by atoms with E-state index in [4.69, 9.17) is 17.0 Å². The van der Waals surface area contributed by atoms with Crippen molar-refractivity contribution in [1.82, 2.24) is 15.0 Å². The summed E-state index contributed by atoms with van der Waals surface area (Å²) in [6.07, 6.45) is 1.60. The molecule has 4 rings (SSSR count). The number of fused-ring (bicyclic) bond motifs is 1. The van der Waals surface area contributed by atoms with Gasteiger partial charge in [-0.1, -0.05) is 18.2 Å². The van der Waals surface area contributed by atoms with Crippen LogP contribution in [0.25, 0.3) is 11.2 Å². The van der Waals surface area contributed by atoms with Gasteiger partial charge in [-0.25, -0.2) is 15.0 Å². The maximum absolute atomic E-state index is 9.93. The number of thiocarbonyl (C=S) groups is 1. The van der Waals surface area contributed by atoms with E-state index < -0.39 is 0 Å². The third-order valence-corrected chi connectivity index (χ3v) is 4.34. The first-order valence-electron chi connectivity index (χ1n) is 9.01. The Balaban J connectivity index is 1.51. The number of para-hydroxylation sites is 1. The van der Waals surface area contributed by atoms with E-state index in [0.717, 1.165) is 5.69 Å². The Morgan fingerprint density at radius 3 is 2.50 bits per heavy atom. The average molecular weight is 418 g/mol. The molecule has 4 aromatic rings. The first kappa shape index (κ1) is 19.3. The first-order valence-corrected chi connectivity index (χ1v) is 9.42. The van der Waals surface area contributed by atoms with Crippen molar-refractivity contribution in [2.45, 2.75) is 0 Å². The van der Waals surface area contributed by atoms with Gasteiger partial charge in [-0.2, -0.15) is 0 Å². The van der Waals surface area contributed by atoms with Crippen LogP contribution in [0.4, 0.5) is 23.0 Å². The quantitative estimate of drug-likeness (QED) is 0.353. The van der Waals surface area contributed by atoms with E-state index in [1.165, 1.54) is 7.11 Å². The van der Waals surface area contributed by atoms with E-state index in [0.29, 0.717) is 39.3 Å². The van der Waals surface area contributed by atoms with Gasteiger partial charge in [0.1, 0.15) is 11.3 Å². The molecule has 2 heterocycles. The van der Waals surface area contributed by atoms with Crippen molar-refractivity contribution >= 4 is 51.5 Å². The number of phenols is 1. The van der Waals surface area contributed by atoms with Gasteiger partial charge in [0.2, 0.25) is 0 Å². The number of aromatic nitrogens is 3. The molecule has 0 aliphatic rings. The van der Waals surface area contributed by atoms with Crippen molar-refractivity contribution in [2.24, 2.45) is 0 Å². The molecule has 2 aromatic carbocycles. The van der Waals surface area contributed by atoms with Crippen LogP contribution in [0.1, 0.15) is 0 Å². The summed E-state index contributed by atoms with van der Waals surface area (Å²) < 4.78 is 5.05. The molecule has 30 heavy (non-hydrogen) atoms. The van der Waals surface area contributed by atoms with Gasteiger partial charge >= 0.3 is 0 Å². The van der Waals surface area contributed by atoms with Gasteiger partial charge in [-0.05, 0) is 48.6 Å². The second kappa shape index (κ2) is 8.58. The molecule has 2 aromatic heterocycles. The number of nitrogens with one attached hydrogen (secondary N) is 3. The predicted molar refractivity (Wildman–Crippen MR) is 122 cm³/mol. The largest absolute Gasteiger partial charge is 0.504 e. The monoisotopic (exact) mass is 418 g/mol. The average Bonchev–Trinajstić information content (AvgIpc) is 2.74. The standard InChI is InChI=1S/C21H18N6O2S/c1-29-17-9-7-14(11-16(17)28)23-19-12-22-15-8-10-18(25-20(15)26-19)27-21(30)24-13-5-3-2-4-6-13/h2-12,28H,1H3,(H3,23,24,25,26,27,30). The van der Waals surface area contributed by atoms with Crippen LogP contribution < -0.4 is 20.7 Å². The van der Waals surface area contributed by atoms with Crippen molar-refractivity contribution in [3.05, 3.63) is 66.9 Å². The van der Waals surface area contributed by atoms with Crippen LogP contribution in [0.5, 0.6) is 11.5 Å². The number of benzene rings is 2. The molecule has 0 amide bonds. The van der Waals surface area contributed by atoms with Crippen LogP contribution in [0.15, 0.2) is 66.9 Å². The Hall–Kier alpha value is -3.98. The molecule has 4 N–H and O–H groups in total. The van der Waals surface area contributed by atoms with Gasteiger partial charge in [0.15, 0.2) is 28.1 Å². The molecule has 0 atom stereocenters. The van der Waals surface area contributed by atoms with Gasteiger partial charge in [0, 0.05) is 17.4 Å². The fourth-order valence-electron chi connectivity index (χ4n) is 2.74. The number of anilines is 4. The second-order valence-electron chi connectivity index (χ2n) is 6.25. The number of aromatic hydroxyl groups is 1. The zero-order valence-electron chi connectivity index (χ0n) is 16.0. The molecule has 0 bridgehead atoms. The molecule has 8 nitrogen and oxygen atoms in total. The lowest BCUT2D eigenvalue weighted by molar-refractivity contribution is 0.373. The number of pyridine rings is 1. The SMILES string of the molecule is COc1ccc(Nc2cnc3ccc(NC(=S)Nc4ccccc4)nc3n2)cc1O. The number of hydrogen-bond donors (Lipinski definition) is 4. The maximum Gasteiger partial charge on any atom is 0.182 e. The molecular formula is C21H18N6O2S. The van der Waals surface area contributed by atoms with Crippen molar-refractivity contribution in [2.75, 3.05) is 23.1 Å². The summed E-state index contributed by atoms with van der Waals surface area (Å²) in [4.78, 5) is 13.3. The fourth-order valence-corrected chi connectivity index (χ4v) is 2.97. The predicted octanol–water partition coefficient (Wildman–Crippen LogP) is 4.29. The highest BCUT2D eigenvalue weighted by Crippen LogP contribution is 2.29. The van der Waals surface area contributed by atoms with Crippen LogP contribution >= 0.6 is 12.2 Å². The number of rotatable bonds is 5. The van der Waals surface area contributed by atoms with Gasteiger partial charge in [0.25, 0.3) is 0 Å². The number of hydrogen-bond acceptors (Lipinski definition) is 7. The summed E-state index contributed by atoms with van der Waals surface area (Å²) in [6, 6.07) is 18.2. The minimum atomic E-state index is 0.0280. The molecule has 0 unspecified atom stereocenters. The summed E-state index contributed by atoms with van der Waals surface area (Å²) in [5.41, 5.74) is 2.62. The Bertz CT molecular complexity index is 1200. The number of nitrogens with zero attached hydrogens (tertiary/aromatic N) is 3. The summed E-state index contributed by atoms with van der Waals surface area (Å²) in [7, 11) is 1.50. The lowest BCUT2D eigenvalue weighted by Gasteiger charge is -2.11. The molecule has 0 aliphatic heterocycles. The molecule has 0 aliphatic carbocycles. The first-order chi connectivity index (χ1) is 14.6. The summed E-state index contributed by atoms with van der Waals surface area (Å²) >= 11 is 5.34. The van der Waals surface area contributed by atoms with Gasteiger partial charge in [0.05, 0.1) is 13.3 Å². The normalized spacial score (nSPS) is 10.4. The lowest BCUT2D eigenvalue weighted by Crippen LogP contribution is -2.19. The van der Waals surface area contributed by atoms with E-state index in [-0.39, 0.29) is 5.75 Å². The van der Waals surface area contributed by atoms with Gasteiger partial charge in [-0.15, -0.1) is 0 Å². The molecule has 0 saturated carbocycles. The highest BCUT2D eigenvalue weighted by atomic mass is 32.1. The minimum Gasteiger partial charge on any atom is -0.504 e. The fraction of sp³-hybridized carbons (Fsp3) is 0.0476. The van der Waals surface area contributed by atoms with Crippen LogP contribution in [0, 0.1) is 0 Å². The van der Waals surface area contributed by atoms with Gasteiger partial charge in [-0.3, -0.25) is 0 Å². The van der Waals surface area contributed by atoms with Crippen LogP contribution in [0.2, 0.25) is 0 Å². The third kappa shape index (κ3) is 4.53. The van der Waals surface area contributed by atoms with E-state index in [1.807, 2.05) is 36.4 Å². The zero-order chi connectivity index (χ0) is 20.9. The van der Waals surface area contributed by atoms with Crippen LogP contribution in [-0.2, 0) is 0 Å². The van der Waals surface area contributed by atoms with Crippen LogP contribution in [0.3, 0.4) is 0 Å². The van der Waals surface area contributed by atoms with E-state index >= 15 is 0 Å². The number of ether oxygens (including phenoxy) is 1. The smallest absolute Gasteiger partial charge is 0.182 e. The highest BCUT2D eigenvalue weighted by molar-refractivity contribution is 7.80. The summed E-state index contributed by atoms with van der Waals surface area (Å²) in [5.74, 6) is 1.45. The topological polar surface area (TPSA) is 104 Å².